The van der Waals surface area contributed by atoms with Gasteiger partial charge < -0.3 is 5.32 Å². The molecule has 0 aliphatic carbocycles. The van der Waals surface area contributed by atoms with Gasteiger partial charge in [-0.25, -0.2) is 4.72 Å². The third-order valence-corrected chi connectivity index (χ3v) is 5.10. The van der Waals surface area contributed by atoms with E-state index in [9.17, 15) is 13.2 Å². The minimum Gasteiger partial charge on any atom is -0.326 e. The van der Waals surface area contributed by atoms with Crippen LogP contribution in [-0.2, 0) is 15.0 Å². The highest BCUT2D eigenvalue weighted by molar-refractivity contribution is 7.87. The molecule has 0 aliphatic heterocycles. The monoisotopic (exact) mass is 327 g/mol. The van der Waals surface area contributed by atoms with Gasteiger partial charge in [0.2, 0.25) is 5.91 Å². The van der Waals surface area contributed by atoms with Crippen molar-refractivity contribution < 1.29 is 13.2 Å². The molecule has 0 heterocycles. The Bertz CT molecular complexity index is 610. The van der Waals surface area contributed by atoms with Crippen LogP contribution >= 0.6 is 0 Å². The Balaban J connectivity index is 2.50. The van der Waals surface area contributed by atoms with Gasteiger partial charge in [0.25, 0.3) is 10.2 Å². The van der Waals surface area contributed by atoms with Crippen molar-refractivity contribution in [1.29, 1.82) is 0 Å². The van der Waals surface area contributed by atoms with Crippen LogP contribution in [0.25, 0.3) is 0 Å². The predicted octanol–water partition coefficient (Wildman–Crippen LogP) is 1.81. The Morgan fingerprint density at radius 2 is 1.82 bits per heavy atom. The van der Waals surface area contributed by atoms with Gasteiger partial charge in [-0.05, 0) is 25.5 Å². The number of benzene rings is 1. The minimum absolute atomic E-state index is 0.0789. The lowest BCUT2D eigenvalue weighted by molar-refractivity contribution is -0.116. The van der Waals surface area contributed by atoms with Gasteiger partial charge in [0.1, 0.15) is 0 Å². The molecule has 22 heavy (non-hydrogen) atoms. The van der Waals surface area contributed by atoms with Crippen molar-refractivity contribution in [3.05, 3.63) is 29.3 Å². The number of carbonyl (C=O) groups excluding carboxylic acids is 1. The average molecular weight is 327 g/mol. The molecule has 1 rings (SSSR count). The van der Waals surface area contributed by atoms with Gasteiger partial charge in [-0.2, -0.15) is 12.7 Å². The van der Waals surface area contributed by atoms with E-state index in [-0.39, 0.29) is 18.9 Å². The first-order valence-corrected chi connectivity index (χ1v) is 8.86. The van der Waals surface area contributed by atoms with E-state index >= 15 is 0 Å². The summed E-state index contributed by atoms with van der Waals surface area (Å²) in [6.07, 6.45) is 0.0911. The van der Waals surface area contributed by atoms with Crippen LogP contribution in [0.2, 0.25) is 0 Å². The van der Waals surface area contributed by atoms with Gasteiger partial charge in [-0.1, -0.05) is 31.5 Å². The van der Waals surface area contributed by atoms with Crippen LogP contribution in [0.1, 0.15) is 31.4 Å². The third-order valence-electron chi connectivity index (χ3n) is 3.34. The molecule has 0 atom stereocenters. The summed E-state index contributed by atoms with van der Waals surface area (Å²) in [4.78, 5) is 11.9. The number of nitrogens with zero attached hydrogens (tertiary/aromatic N) is 1. The van der Waals surface area contributed by atoms with Gasteiger partial charge in [0, 0.05) is 31.7 Å². The first kappa shape index (κ1) is 18.6. The molecule has 0 radical (unpaired) electrons. The Morgan fingerprint density at radius 1 is 1.18 bits per heavy atom. The van der Waals surface area contributed by atoms with E-state index in [2.05, 4.69) is 10.0 Å². The van der Waals surface area contributed by atoms with Crippen molar-refractivity contribution in [2.75, 3.05) is 25.0 Å². The minimum atomic E-state index is -3.50. The van der Waals surface area contributed by atoms with Crippen molar-refractivity contribution in [1.82, 2.24) is 9.03 Å². The maximum absolute atomic E-state index is 11.9. The maximum atomic E-state index is 11.9. The number of rotatable bonds is 8. The van der Waals surface area contributed by atoms with E-state index in [0.29, 0.717) is 13.1 Å². The molecule has 7 heteroatoms. The first-order chi connectivity index (χ1) is 10.3. The molecule has 0 unspecified atom stereocenters. The summed E-state index contributed by atoms with van der Waals surface area (Å²) in [5.74, 6) is -0.214. The van der Waals surface area contributed by atoms with E-state index in [4.69, 9.17) is 0 Å². The third kappa shape index (κ3) is 5.40. The topological polar surface area (TPSA) is 78.5 Å². The summed E-state index contributed by atoms with van der Waals surface area (Å²) in [6.45, 7) is 8.34. The Labute approximate surface area is 133 Å². The molecular weight excluding hydrogens is 302 g/mol. The van der Waals surface area contributed by atoms with E-state index in [1.165, 1.54) is 4.31 Å². The fourth-order valence-corrected chi connectivity index (χ4v) is 3.34. The van der Waals surface area contributed by atoms with Gasteiger partial charge >= 0.3 is 0 Å². The highest BCUT2D eigenvalue weighted by atomic mass is 32.2. The smallest absolute Gasteiger partial charge is 0.279 e. The summed E-state index contributed by atoms with van der Waals surface area (Å²) >= 11 is 0. The molecule has 0 saturated carbocycles. The molecule has 6 nitrogen and oxygen atoms in total. The van der Waals surface area contributed by atoms with E-state index in [1.807, 2.05) is 32.0 Å². The Hall–Kier alpha value is -1.44. The summed E-state index contributed by atoms with van der Waals surface area (Å²) in [6, 6.07) is 5.76. The lowest BCUT2D eigenvalue weighted by Crippen LogP contribution is -2.41. The molecule has 1 aromatic rings. The quantitative estimate of drug-likeness (QED) is 0.764. The number of aryl methyl sites for hydroxylation is 2. The fourth-order valence-electron chi connectivity index (χ4n) is 2.11. The van der Waals surface area contributed by atoms with Crippen LogP contribution in [0.3, 0.4) is 0 Å². The van der Waals surface area contributed by atoms with Crippen LogP contribution in [0.4, 0.5) is 5.69 Å². The van der Waals surface area contributed by atoms with Crippen molar-refractivity contribution >= 4 is 21.8 Å². The molecule has 1 amide bonds. The summed E-state index contributed by atoms with van der Waals surface area (Å²) < 4.78 is 27.6. The summed E-state index contributed by atoms with van der Waals surface area (Å²) in [5.41, 5.74) is 2.86. The number of hydrogen-bond donors (Lipinski definition) is 2. The van der Waals surface area contributed by atoms with Crippen LogP contribution < -0.4 is 10.0 Å². The highest BCUT2D eigenvalue weighted by Crippen LogP contribution is 2.16. The number of anilines is 1. The SMILES string of the molecule is CCN(CC)S(=O)(=O)NCCC(=O)Nc1ccc(C)cc1C. The van der Waals surface area contributed by atoms with Gasteiger partial charge in [-0.3, -0.25) is 4.79 Å². The van der Waals surface area contributed by atoms with Gasteiger partial charge in [0.15, 0.2) is 0 Å². The zero-order chi connectivity index (χ0) is 16.8. The number of nitrogens with one attached hydrogen (secondary N) is 2. The zero-order valence-corrected chi connectivity index (χ0v) is 14.5. The summed E-state index contributed by atoms with van der Waals surface area (Å²) in [5, 5.41) is 2.79. The average Bonchev–Trinajstić information content (AvgIpc) is 2.42. The number of amides is 1. The Kier molecular flexibility index (Phi) is 6.99. The lowest BCUT2D eigenvalue weighted by Gasteiger charge is -2.18. The van der Waals surface area contributed by atoms with Crippen molar-refractivity contribution in [2.45, 2.75) is 34.1 Å². The summed E-state index contributed by atoms with van der Waals surface area (Å²) in [7, 11) is -3.50. The van der Waals surface area contributed by atoms with Crippen molar-refractivity contribution in [3.8, 4) is 0 Å². The molecule has 0 bridgehead atoms. The van der Waals surface area contributed by atoms with E-state index in [0.717, 1.165) is 16.8 Å². The van der Waals surface area contributed by atoms with Crippen LogP contribution in [0, 0.1) is 13.8 Å². The van der Waals surface area contributed by atoms with E-state index in [1.54, 1.807) is 13.8 Å². The Morgan fingerprint density at radius 3 is 2.36 bits per heavy atom. The van der Waals surface area contributed by atoms with Gasteiger partial charge in [0.05, 0.1) is 0 Å². The molecular formula is C15H25N3O3S. The van der Waals surface area contributed by atoms with Crippen LogP contribution in [-0.4, -0.2) is 38.3 Å². The molecule has 124 valence electrons. The largest absolute Gasteiger partial charge is 0.326 e. The molecule has 0 spiro atoms. The number of carbonyl (C=O) groups is 1. The zero-order valence-electron chi connectivity index (χ0n) is 13.6. The van der Waals surface area contributed by atoms with Crippen molar-refractivity contribution in [2.24, 2.45) is 0 Å². The van der Waals surface area contributed by atoms with E-state index < -0.39 is 10.2 Å². The second kappa shape index (κ2) is 8.26. The molecule has 1 aromatic carbocycles. The second-order valence-corrected chi connectivity index (χ2v) is 6.86. The van der Waals surface area contributed by atoms with Crippen LogP contribution in [0.5, 0.6) is 0 Å². The van der Waals surface area contributed by atoms with Gasteiger partial charge in [-0.15, -0.1) is 0 Å². The number of hydrogen-bond acceptors (Lipinski definition) is 3. The molecule has 2 N–H and O–H groups in total. The molecule has 0 aliphatic rings. The first-order valence-electron chi connectivity index (χ1n) is 7.42. The van der Waals surface area contributed by atoms with Crippen molar-refractivity contribution in [3.63, 3.8) is 0 Å². The highest BCUT2D eigenvalue weighted by Gasteiger charge is 2.18. The predicted molar refractivity (Wildman–Crippen MR) is 89.0 cm³/mol. The fraction of sp³-hybridized carbons (Fsp3) is 0.533. The van der Waals surface area contributed by atoms with Crippen LogP contribution in [0.15, 0.2) is 18.2 Å². The molecule has 0 aromatic heterocycles. The second-order valence-electron chi connectivity index (χ2n) is 5.10. The standard InChI is InChI=1S/C15H25N3O3S/c1-5-18(6-2)22(20,21)16-10-9-15(19)17-14-8-7-12(3)11-13(14)4/h7-8,11,16H,5-6,9-10H2,1-4H3,(H,17,19). The molecule has 0 saturated heterocycles. The maximum Gasteiger partial charge on any atom is 0.279 e. The normalized spacial score (nSPS) is 11.7. The lowest BCUT2D eigenvalue weighted by atomic mass is 10.1. The molecule has 0 fully saturated rings.